The molecule has 0 unspecified atom stereocenters. The Morgan fingerprint density at radius 3 is 2.69 bits per heavy atom. The minimum absolute atomic E-state index is 0.122. The van der Waals surface area contributed by atoms with Crippen LogP contribution in [0.5, 0.6) is 0 Å². The van der Waals surface area contributed by atoms with Crippen molar-refractivity contribution in [2.45, 2.75) is 26.1 Å². The number of hydrogen-bond acceptors (Lipinski definition) is 5. The van der Waals surface area contributed by atoms with Gasteiger partial charge in [0.25, 0.3) is 0 Å². The van der Waals surface area contributed by atoms with Gasteiger partial charge in [-0.25, -0.2) is 4.98 Å². The van der Waals surface area contributed by atoms with Crippen LogP contribution < -0.4 is 15.6 Å². The molecule has 0 radical (unpaired) electrons. The first-order valence-electron chi connectivity index (χ1n) is 9.34. The van der Waals surface area contributed by atoms with E-state index in [9.17, 15) is 13.2 Å². The third kappa shape index (κ3) is 3.50. The number of hydrogen-bond donors (Lipinski definition) is 2. The molecule has 1 atom stereocenters. The van der Waals surface area contributed by atoms with Crippen LogP contribution in [0.3, 0.4) is 0 Å². The molecule has 2 aliphatic heterocycles. The van der Waals surface area contributed by atoms with Gasteiger partial charge in [0.1, 0.15) is 5.82 Å². The maximum Gasteiger partial charge on any atom is 0.416 e. The minimum Gasteiger partial charge on any atom is -0.373 e. The summed E-state index contributed by atoms with van der Waals surface area (Å²) in [5.74, 6) is 0.765. The summed E-state index contributed by atoms with van der Waals surface area (Å²) in [6.07, 6.45) is 1.32. The van der Waals surface area contributed by atoms with Gasteiger partial charge >= 0.3 is 6.18 Å². The van der Waals surface area contributed by atoms with E-state index >= 15 is 0 Å². The van der Waals surface area contributed by atoms with Crippen molar-refractivity contribution in [1.82, 2.24) is 15.4 Å². The topological polar surface area (TPSA) is 43.4 Å². The maximum absolute atomic E-state index is 13.1. The number of halogens is 3. The van der Waals surface area contributed by atoms with Gasteiger partial charge in [-0.05, 0) is 55.3 Å². The van der Waals surface area contributed by atoms with E-state index in [-0.39, 0.29) is 11.6 Å². The Morgan fingerprint density at radius 1 is 1.21 bits per heavy atom. The van der Waals surface area contributed by atoms with Gasteiger partial charge in [-0.2, -0.15) is 13.2 Å². The second-order valence-electron chi connectivity index (χ2n) is 7.25. The van der Waals surface area contributed by atoms with E-state index < -0.39 is 11.7 Å². The van der Waals surface area contributed by atoms with Crippen LogP contribution in [0.1, 0.15) is 23.6 Å². The van der Waals surface area contributed by atoms with E-state index in [1.165, 1.54) is 13.0 Å². The van der Waals surface area contributed by atoms with Gasteiger partial charge in [-0.15, -0.1) is 0 Å². The van der Waals surface area contributed by atoms with Crippen molar-refractivity contribution in [2.75, 3.05) is 23.8 Å². The van der Waals surface area contributed by atoms with Crippen molar-refractivity contribution in [3.8, 4) is 0 Å². The summed E-state index contributed by atoms with van der Waals surface area (Å²) in [6, 6.07) is 8.31. The molecule has 5 nitrogen and oxygen atoms in total. The fourth-order valence-electron chi connectivity index (χ4n) is 3.76. The van der Waals surface area contributed by atoms with Crippen LogP contribution in [-0.2, 0) is 6.18 Å². The van der Waals surface area contributed by atoms with Gasteiger partial charge in [0.15, 0.2) is 0 Å². The highest BCUT2D eigenvalue weighted by molar-refractivity contribution is 5.82. The maximum atomic E-state index is 13.1. The number of alkyl halides is 3. The van der Waals surface area contributed by atoms with Crippen LogP contribution >= 0.6 is 0 Å². The molecule has 1 aromatic heterocycles. The lowest BCUT2D eigenvalue weighted by atomic mass is 10.0. The molecule has 2 N–H and O–H groups in total. The Hall–Kier alpha value is -3.16. The number of allylic oxidation sites excluding steroid dienone is 1. The Balaban J connectivity index is 1.70. The monoisotopic (exact) mass is 401 g/mol. The molecule has 0 saturated carbocycles. The molecule has 0 bridgehead atoms. The van der Waals surface area contributed by atoms with Crippen LogP contribution in [-0.4, -0.2) is 29.6 Å². The summed E-state index contributed by atoms with van der Waals surface area (Å²) < 4.78 is 39.3. The Morgan fingerprint density at radius 2 is 2.00 bits per heavy atom. The second kappa shape index (κ2) is 7.02. The zero-order valence-electron chi connectivity index (χ0n) is 16.4. The molecule has 0 fully saturated rings. The third-order valence-electron chi connectivity index (χ3n) is 5.24. The van der Waals surface area contributed by atoms with Crippen LogP contribution in [0, 0.1) is 6.92 Å². The lowest BCUT2D eigenvalue weighted by Gasteiger charge is -2.38. The van der Waals surface area contributed by atoms with Gasteiger partial charge in [-0.1, -0.05) is 0 Å². The first-order valence-corrected chi connectivity index (χ1v) is 9.34. The van der Waals surface area contributed by atoms with E-state index in [1.54, 1.807) is 12.3 Å². The Kier molecular flexibility index (Phi) is 4.64. The standard InChI is InChI=1S/C21H22F3N5/c1-13-8-16(4-5-18(13)21(22,23)24)28-11-14(2)29-19(12-28)17(10-27-29)15-6-7-26-20(9-15)25-3/h4-10,12,14,27H,11H2,1-3H3,(H,25,26)/t14-/m0/s1. The number of aryl methyl sites for hydroxylation is 1. The number of rotatable bonds is 3. The lowest BCUT2D eigenvalue weighted by molar-refractivity contribution is -0.138. The van der Waals surface area contributed by atoms with Crippen LogP contribution in [0.2, 0.25) is 0 Å². The van der Waals surface area contributed by atoms with Gasteiger partial charge < -0.3 is 15.6 Å². The molecule has 152 valence electrons. The smallest absolute Gasteiger partial charge is 0.373 e. The van der Waals surface area contributed by atoms with Gasteiger partial charge in [0, 0.05) is 43.4 Å². The molecule has 0 amide bonds. The van der Waals surface area contributed by atoms with E-state index in [2.05, 4.69) is 27.7 Å². The third-order valence-corrected chi connectivity index (χ3v) is 5.24. The quantitative estimate of drug-likeness (QED) is 0.800. The Labute approximate surface area is 167 Å². The van der Waals surface area contributed by atoms with Crippen LogP contribution in [0.25, 0.3) is 5.57 Å². The molecule has 0 spiro atoms. The summed E-state index contributed by atoms with van der Waals surface area (Å²) in [6.45, 7) is 4.23. The summed E-state index contributed by atoms with van der Waals surface area (Å²) in [5.41, 5.74) is 6.63. The lowest BCUT2D eigenvalue weighted by Crippen LogP contribution is -2.47. The molecule has 0 saturated heterocycles. The van der Waals surface area contributed by atoms with Crippen molar-refractivity contribution in [3.05, 3.63) is 71.3 Å². The average molecular weight is 401 g/mol. The van der Waals surface area contributed by atoms with Crippen molar-refractivity contribution in [2.24, 2.45) is 0 Å². The van der Waals surface area contributed by atoms with Gasteiger partial charge in [0.05, 0.1) is 17.3 Å². The number of nitrogens with zero attached hydrogens (tertiary/aromatic N) is 3. The van der Waals surface area contributed by atoms with Crippen molar-refractivity contribution >= 4 is 17.1 Å². The molecule has 2 aliphatic rings. The molecule has 3 heterocycles. The fraction of sp³-hybridized carbons (Fsp3) is 0.286. The highest BCUT2D eigenvalue weighted by atomic mass is 19.4. The second-order valence-corrected chi connectivity index (χ2v) is 7.25. The zero-order chi connectivity index (χ0) is 20.8. The molecular formula is C21H22F3N5. The van der Waals surface area contributed by atoms with Crippen LogP contribution in [0.15, 0.2) is 54.6 Å². The fourth-order valence-corrected chi connectivity index (χ4v) is 3.76. The average Bonchev–Trinajstić information content (AvgIpc) is 3.11. The number of nitrogens with one attached hydrogen (secondary N) is 2. The van der Waals surface area contributed by atoms with Crippen molar-refractivity contribution < 1.29 is 13.2 Å². The number of hydrazine groups is 1. The SMILES string of the molecule is CNc1cc(C2=CNN3C2=CN(c2ccc(C(F)(F)F)c(C)c2)C[C@@H]3C)ccn1. The minimum atomic E-state index is -4.34. The highest BCUT2D eigenvalue weighted by Crippen LogP contribution is 2.37. The molecule has 8 heteroatoms. The predicted molar refractivity (Wildman–Crippen MR) is 108 cm³/mol. The molecule has 29 heavy (non-hydrogen) atoms. The number of anilines is 2. The molecule has 0 aliphatic carbocycles. The number of pyridine rings is 1. The summed E-state index contributed by atoms with van der Waals surface area (Å²) >= 11 is 0. The molecule has 1 aromatic carbocycles. The van der Waals surface area contributed by atoms with E-state index in [4.69, 9.17) is 0 Å². The van der Waals surface area contributed by atoms with E-state index in [0.29, 0.717) is 6.54 Å². The predicted octanol–water partition coefficient (Wildman–Crippen LogP) is 4.36. The van der Waals surface area contributed by atoms with E-state index in [0.717, 1.165) is 34.4 Å². The van der Waals surface area contributed by atoms with Gasteiger partial charge in [0.2, 0.25) is 0 Å². The number of aromatic nitrogens is 1. The first-order chi connectivity index (χ1) is 13.8. The summed E-state index contributed by atoms with van der Waals surface area (Å²) in [4.78, 5) is 6.26. The van der Waals surface area contributed by atoms with Crippen LogP contribution in [0.4, 0.5) is 24.7 Å². The molecule has 4 rings (SSSR count). The Bertz CT molecular complexity index is 996. The first kappa shape index (κ1) is 19.2. The van der Waals surface area contributed by atoms with Crippen molar-refractivity contribution in [3.63, 3.8) is 0 Å². The largest absolute Gasteiger partial charge is 0.416 e. The normalized spacial score (nSPS) is 18.8. The summed E-state index contributed by atoms with van der Waals surface area (Å²) in [5, 5.41) is 5.11. The number of fused-ring (bicyclic) bond motifs is 1. The van der Waals surface area contributed by atoms with Crippen molar-refractivity contribution in [1.29, 1.82) is 0 Å². The van der Waals surface area contributed by atoms with Gasteiger partial charge in [-0.3, -0.25) is 5.01 Å². The molecular weight excluding hydrogens is 379 g/mol. The zero-order valence-corrected chi connectivity index (χ0v) is 16.4. The molecule has 2 aromatic rings. The number of benzene rings is 1. The summed E-state index contributed by atoms with van der Waals surface area (Å²) in [7, 11) is 1.82. The van der Waals surface area contributed by atoms with E-state index in [1.807, 2.05) is 36.5 Å². The highest BCUT2D eigenvalue weighted by Gasteiger charge is 2.34.